The Hall–Kier alpha value is 0.424. The molecule has 12 nitrogen and oxygen atoms in total. The molecule has 0 unspecified atom stereocenters. The van der Waals surface area contributed by atoms with E-state index in [2.05, 4.69) is 16.1 Å². The fraction of sp³-hybridized carbons (Fsp3) is 1.00. The van der Waals surface area contributed by atoms with Crippen LogP contribution >= 0.6 is 0 Å². The van der Waals surface area contributed by atoms with Crippen LogP contribution in [0.2, 0.25) is 0 Å². The second-order valence-electron chi connectivity index (χ2n) is 3.19. The van der Waals surface area contributed by atoms with Gasteiger partial charge < -0.3 is 54.2 Å². The second-order valence-corrected chi connectivity index (χ2v) is 5.23. The van der Waals surface area contributed by atoms with Crippen molar-refractivity contribution in [2.24, 2.45) is 28.7 Å². The maximum Gasteiger partial charge on any atom is 2.00 e. The van der Waals surface area contributed by atoms with Gasteiger partial charge in [-0.15, -0.1) is 9.05 Å². The third kappa shape index (κ3) is 86.1. The fourth-order valence-electron chi connectivity index (χ4n) is 0.883. The standard InChI is InChI=1S/C6H18N4.C2H8N2.Ni.H2O3S2.3H2O/c7-1-4-10(5-2-8)6-3-9;3-1-2-4;;1-5(2,3)4;;;/h1-9H2;1-4H2;;(H2,1,2,3,4);3*1H2/q;;+2;;;;/p-2. The topological polar surface area (TPSA) is 291 Å². The zero-order valence-corrected chi connectivity index (χ0v) is 15.5. The van der Waals surface area contributed by atoms with Crippen LogP contribution in [0.5, 0.6) is 0 Å². The van der Waals surface area contributed by atoms with Crippen molar-refractivity contribution in [3.05, 3.63) is 0 Å². The zero-order chi connectivity index (χ0) is 15.7. The minimum Gasteiger partial charge on any atom is -0.780 e. The Morgan fingerprint density at radius 1 is 0.739 bits per heavy atom. The number of nitrogens with two attached hydrogens (primary N) is 5. The molecule has 16 N–H and O–H groups in total. The van der Waals surface area contributed by atoms with E-state index < -0.39 is 9.05 Å². The first kappa shape index (κ1) is 43.7. The van der Waals surface area contributed by atoms with Crippen molar-refractivity contribution >= 4 is 20.2 Å². The molecule has 152 valence electrons. The third-order valence-electron chi connectivity index (χ3n) is 1.50. The largest absolute Gasteiger partial charge is 2.00 e. The van der Waals surface area contributed by atoms with Crippen LogP contribution in [0.15, 0.2) is 0 Å². The predicted molar refractivity (Wildman–Crippen MR) is 89.6 cm³/mol. The summed E-state index contributed by atoms with van der Waals surface area (Å²) in [5, 5.41) is 0. The molecular weight excluding hydrogens is 399 g/mol. The summed E-state index contributed by atoms with van der Waals surface area (Å²) in [4.78, 5) is 2.17. The van der Waals surface area contributed by atoms with Crippen LogP contribution in [0, 0.1) is 0 Å². The summed E-state index contributed by atoms with van der Waals surface area (Å²) < 4.78 is 26.7. The summed E-state index contributed by atoms with van der Waals surface area (Å²) in [6.45, 7) is 5.93. The van der Waals surface area contributed by atoms with Gasteiger partial charge in [-0.2, -0.15) is 0 Å². The van der Waals surface area contributed by atoms with Gasteiger partial charge in [-0.1, -0.05) is 0 Å². The maximum atomic E-state index is 8.89. The van der Waals surface area contributed by atoms with Crippen LogP contribution in [-0.4, -0.2) is 87.0 Å². The van der Waals surface area contributed by atoms with Crippen LogP contribution in [-0.2, 0) is 36.7 Å². The van der Waals surface area contributed by atoms with Crippen molar-refractivity contribution in [2.75, 3.05) is 52.4 Å². The smallest absolute Gasteiger partial charge is 0.780 e. The maximum absolute atomic E-state index is 8.89. The summed E-state index contributed by atoms with van der Waals surface area (Å²) in [6, 6.07) is 0. The molecule has 0 aliphatic rings. The molecule has 0 rings (SSSR count). The molecule has 0 spiro atoms. The SMILES string of the molecule is NCCN.NCCN(CCN)CCN.O.O.O.O=S([O-])([O-])=S.[Ni+2]. The second kappa shape index (κ2) is 33.9. The molecule has 0 atom stereocenters. The summed E-state index contributed by atoms with van der Waals surface area (Å²) in [7, 11) is -4.33. The molecule has 15 heteroatoms. The first-order chi connectivity index (χ1) is 8.76. The molecular formula is C8H32N6NiO6S2. The molecule has 0 bridgehead atoms. The molecule has 0 saturated heterocycles. The molecule has 0 heterocycles. The van der Waals surface area contributed by atoms with E-state index in [-0.39, 0.29) is 32.9 Å². The van der Waals surface area contributed by atoms with Gasteiger partial charge >= 0.3 is 16.5 Å². The Morgan fingerprint density at radius 2 is 0.913 bits per heavy atom. The first-order valence-corrected chi connectivity index (χ1v) is 7.99. The van der Waals surface area contributed by atoms with Crippen molar-refractivity contribution < 1.29 is 46.2 Å². The van der Waals surface area contributed by atoms with Gasteiger partial charge in [-0.25, -0.2) is 0 Å². The quantitative estimate of drug-likeness (QED) is 0.237. The van der Waals surface area contributed by atoms with Gasteiger partial charge in [-0.05, 0) is 11.2 Å². The third-order valence-corrected chi connectivity index (χ3v) is 1.50. The number of hydrogen-bond acceptors (Lipinski definition) is 10. The van der Waals surface area contributed by atoms with Crippen LogP contribution in [0.3, 0.4) is 0 Å². The van der Waals surface area contributed by atoms with Gasteiger partial charge in [0.15, 0.2) is 0 Å². The Kier molecular flexibility index (Phi) is 64.4. The van der Waals surface area contributed by atoms with Crippen molar-refractivity contribution in [2.45, 2.75) is 0 Å². The van der Waals surface area contributed by atoms with E-state index in [1.807, 2.05) is 0 Å². The average Bonchev–Trinajstić information content (AvgIpc) is 2.28. The predicted octanol–water partition coefficient (Wildman–Crippen LogP) is -6.41. The first-order valence-electron chi connectivity index (χ1n) is 5.66. The Balaban J connectivity index is -0.0000000343. The molecule has 0 aromatic rings. The molecule has 0 saturated carbocycles. The van der Waals surface area contributed by atoms with E-state index >= 15 is 0 Å². The van der Waals surface area contributed by atoms with Crippen LogP contribution in [0.4, 0.5) is 0 Å². The van der Waals surface area contributed by atoms with Gasteiger partial charge in [0, 0.05) is 52.4 Å². The van der Waals surface area contributed by atoms with Crippen LogP contribution in [0.25, 0.3) is 0 Å². The van der Waals surface area contributed by atoms with Crippen molar-refractivity contribution in [1.29, 1.82) is 0 Å². The molecule has 0 amide bonds. The molecule has 0 aliphatic heterocycles. The average molecular weight is 431 g/mol. The Morgan fingerprint density at radius 3 is 1.00 bits per heavy atom. The van der Waals surface area contributed by atoms with Gasteiger partial charge in [0.2, 0.25) is 0 Å². The number of hydrogen-bond donors (Lipinski definition) is 5. The van der Waals surface area contributed by atoms with Crippen molar-refractivity contribution in [1.82, 2.24) is 4.90 Å². The summed E-state index contributed by atoms with van der Waals surface area (Å²) in [5.41, 5.74) is 25.9. The van der Waals surface area contributed by atoms with Gasteiger partial charge in [0.25, 0.3) is 0 Å². The molecule has 0 aliphatic carbocycles. The zero-order valence-electron chi connectivity index (χ0n) is 12.8. The van der Waals surface area contributed by atoms with E-state index in [4.69, 9.17) is 42.0 Å². The van der Waals surface area contributed by atoms with E-state index in [1.165, 1.54) is 0 Å². The normalized spacial score (nSPS) is 8.52. The Labute approximate surface area is 152 Å². The van der Waals surface area contributed by atoms with Gasteiger partial charge in [0.05, 0.1) is 0 Å². The molecule has 0 fully saturated rings. The van der Waals surface area contributed by atoms with Crippen molar-refractivity contribution in [3.63, 3.8) is 0 Å². The van der Waals surface area contributed by atoms with E-state index in [0.717, 1.165) is 19.6 Å². The Bertz CT molecular complexity index is 241. The molecule has 0 aromatic heterocycles. The molecule has 0 radical (unpaired) electrons. The number of rotatable bonds is 7. The minimum atomic E-state index is -4.33. The van der Waals surface area contributed by atoms with Crippen molar-refractivity contribution in [3.8, 4) is 0 Å². The van der Waals surface area contributed by atoms with E-state index in [0.29, 0.717) is 32.7 Å². The van der Waals surface area contributed by atoms with Gasteiger partial charge in [0.1, 0.15) is 0 Å². The monoisotopic (exact) mass is 430 g/mol. The fourth-order valence-corrected chi connectivity index (χ4v) is 0.883. The molecule has 23 heavy (non-hydrogen) atoms. The van der Waals surface area contributed by atoms with E-state index in [1.54, 1.807) is 0 Å². The van der Waals surface area contributed by atoms with Gasteiger partial charge in [-0.3, -0.25) is 9.11 Å². The van der Waals surface area contributed by atoms with Crippen LogP contribution < -0.4 is 28.7 Å². The summed E-state index contributed by atoms with van der Waals surface area (Å²) in [5.74, 6) is 0. The van der Waals surface area contributed by atoms with E-state index in [9.17, 15) is 0 Å². The number of nitrogens with zero attached hydrogens (tertiary/aromatic N) is 1. The van der Waals surface area contributed by atoms with Crippen LogP contribution in [0.1, 0.15) is 0 Å². The minimum absolute atomic E-state index is 0. The summed E-state index contributed by atoms with van der Waals surface area (Å²) >= 11 is 3.24. The summed E-state index contributed by atoms with van der Waals surface area (Å²) in [6.07, 6.45) is 0. The molecule has 0 aromatic carbocycles.